The number of ether oxygens (including phenoxy) is 1. The number of rotatable bonds is 3. The molecule has 5 nitrogen and oxygen atoms in total. The van der Waals surface area contributed by atoms with Crippen LogP contribution in [0.5, 0.6) is 0 Å². The van der Waals surface area contributed by atoms with Crippen molar-refractivity contribution >= 4 is 17.7 Å². The van der Waals surface area contributed by atoms with E-state index in [1.165, 1.54) is 18.3 Å². The maximum absolute atomic E-state index is 11.3. The number of aromatic nitrogens is 1. The molecule has 14 heavy (non-hydrogen) atoms. The molecule has 0 saturated carbocycles. The number of pyridine rings is 1. The third-order valence-electron chi connectivity index (χ3n) is 1.42. The van der Waals surface area contributed by atoms with Crippen LogP contribution < -0.4 is 0 Å². The van der Waals surface area contributed by atoms with Crippen molar-refractivity contribution in [1.82, 2.24) is 4.98 Å². The van der Waals surface area contributed by atoms with Gasteiger partial charge in [-0.05, 0) is 19.1 Å². The van der Waals surface area contributed by atoms with E-state index in [1.54, 1.807) is 13.0 Å². The van der Waals surface area contributed by atoms with Crippen LogP contribution in [0.25, 0.3) is 0 Å². The highest BCUT2D eigenvalue weighted by Crippen LogP contribution is 2.15. The summed E-state index contributed by atoms with van der Waals surface area (Å²) in [6, 6.07) is 3.06. The fraction of sp³-hybridized carbons (Fsp3) is 0.222. The van der Waals surface area contributed by atoms with Gasteiger partial charge in [0.25, 0.3) is 0 Å². The van der Waals surface area contributed by atoms with Gasteiger partial charge in [-0.25, -0.2) is 14.6 Å². The van der Waals surface area contributed by atoms with Crippen molar-refractivity contribution in [2.45, 2.75) is 6.92 Å². The Morgan fingerprint density at radius 2 is 2.50 bits per heavy atom. The van der Waals surface area contributed by atoms with Crippen molar-refractivity contribution < 1.29 is 14.3 Å². The summed E-state index contributed by atoms with van der Waals surface area (Å²) in [7, 11) is 0. The first kappa shape index (κ1) is 10.1. The second-order valence-electron chi connectivity index (χ2n) is 2.29. The lowest BCUT2D eigenvalue weighted by molar-refractivity contribution is 0.0520. The number of aliphatic imine (C=N–C) groups is 1. The molecule has 0 bridgehead atoms. The van der Waals surface area contributed by atoms with Gasteiger partial charge in [-0.2, -0.15) is 4.99 Å². The Hall–Kier alpha value is -2.00. The summed E-state index contributed by atoms with van der Waals surface area (Å²) < 4.78 is 4.72. The molecule has 0 aromatic carbocycles. The molecule has 1 aromatic rings. The topological polar surface area (TPSA) is 68.6 Å². The molecule has 0 radical (unpaired) electrons. The molecule has 0 N–H and O–H groups in total. The van der Waals surface area contributed by atoms with Crippen molar-refractivity contribution in [3.8, 4) is 0 Å². The Kier molecular flexibility index (Phi) is 3.52. The number of carbonyl (C=O) groups excluding carboxylic acids is 2. The highest BCUT2D eigenvalue weighted by atomic mass is 16.5. The molecule has 0 saturated heterocycles. The van der Waals surface area contributed by atoms with Crippen LogP contribution in [-0.2, 0) is 9.53 Å². The Balaban J connectivity index is 3.06. The summed E-state index contributed by atoms with van der Waals surface area (Å²) in [5.74, 6) is -0.595. The summed E-state index contributed by atoms with van der Waals surface area (Å²) in [4.78, 5) is 28.4. The molecule has 0 aliphatic carbocycles. The average molecular weight is 192 g/mol. The summed E-state index contributed by atoms with van der Waals surface area (Å²) in [5, 5.41) is 0. The van der Waals surface area contributed by atoms with E-state index in [-0.39, 0.29) is 18.0 Å². The second kappa shape index (κ2) is 4.89. The van der Waals surface area contributed by atoms with Crippen LogP contribution in [-0.4, -0.2) is 23.6 Å². The van der Waals surface area contributed by atoms with E-state index in [0.29, 0.717) is 0 Å². The lowest BCUT2D eigenvalue weighted by Crippen LogP contribution is -2.06. The van der Waals surface area contributed by atoms with Crippen molar-refractivity contribution in [1.29, 1.82) is 0 Å². The van der Waals surface area contributed by atoms with E-state index in [4.69, 9.17) is 4.74 Å². The van der Waals surface area contributed by atoms with Gasteiger partial charge in [-0.3, -0.25) is 0 Å². The first-order chi connectivity index (χ1) is 6.79. The highest BCUT2D eigenvalue weighted by molar-refractivity contribution is 5.92. The summed E-state index contributed by atoms with van der Waals surface area (Å²) in [6.07, 6.45) is 2.78. The van der Waals surface area contributed by atoms with E-state index in [1.807, 2.05) is 0 Å². The first-order valence-corrected chi connectivity index (χ1v) is 3.99. The van der Waals surface area contributed by atoms with E-state index in [9.17, 15) is 9.59 Å². The second-order valence-corrected chi connectivity index (χ2v) is 2.29. The minimum Gasteiger partial charge on any atom is -0.461 e. The maximum atomic E-state index is 11.3. The van der Waals surface area contributed by atoms with E-state index in [0.717, 1.165) is 0 Å². The van der Waals surface area contributed by atoms with Crippen LogP contribution in [0.15, 0.2) is 23.3 Å². The van der Waals surface area contributed by atoms with Gasteiger partial charge >= 0.3 is 5.97 Å². The molecule has 0 aliphatic heterocycles. The van der Waals surface area contributed by atoms with Crippen LogP contribution >= 0.6 is 0 Å². The van der Waals surface area contributed by atoms with Gasteiger partial charge < -0.3 is 4.74 Å². The normalized spacial score (nSPS) is 8.93. The molecule has 0 unspecified atom stereocenters. The van der Waals surface area contributed by atoms with Gasteiger partial charge in [-0.15, -0.1) is 0 Å². The van der Waals surface area contributed by atoms with Crippen molar-refractivity contribution in [2.24, 2.45) is 4.99 Å². The standard InChI is InChI=1S/C9H8N2O3/c1-2-14-9(13)8-7(11-6-12)4-3-5-10-8/h3-5H,2H2,1H3. The van der Waals surface area contributed by atoms with Gasteiger partial charge in [0.15, 0.2) is 5.69 Å². The van der Waals surface area contributed by atoms with Gasteiger partial charge in [0.2, 0.25) is 6.08 Å². The van der Waals surface area contributed by atoms with Crippen LogP contribution in [0.1, 0.15) is 17.4 Å². The largest absolute Gasteiger partial charge is 0.461 e. The van der Waals surface area contributed by atoms with Crippen LogP contribution in [0.2, 0.25) is 0 Å². The number of isocyanates is 1. The summed E-state index contributed by atoms with van der Waals surface area (Å²) in [5.41, 5.74) is 0.193. The quantitative estimate of drug-likeness (QED) is 0.410. The smallest absolute Gasteiger partial charge is 0.359 e. The first-order valence-electron chi connectivity index (χ1n) is 3.99. The Labute approximate surface area is 80.4 Å². The Morgan fingerprint density at radius 3 is 3.14 bits per heavy atom. The summed E-state index contributed by atoms with van der Waals surface area (Å²) >= 11 is 0. The molecule has 72 valence electrons. The van der Waals surface area contributed by atoms with Crippen LogP contribution in [0.3, 0.4) is 0 Å². The number of hydrogen-bond acceptors (Lipinski definition) is 5. The molecule has 1 aromatic heterocycles. The average Bonchev–Trinajstić information content (AvgIpc) is 2.19. The van der Waals surface area contributed by atoms with E-state index < -0.39 is 5.97 Å². The molecule has 5 heteroatoms. The van der Waals surface area contributed by atoms with Crippen molar-refractivity contribution in [3.05, 3.63) is 24.0 Å². The number of hydrogen-bond donors (Lipinski definition) is 0. The van der Waals surface area contributed by atoms with Crippen molar-refractivity contribution in [3.63, 3.8) is 0 Å². The fourth-order valence-corrected chi connectivity index (χ4v) is 0.893. The molecule has 0 amide bonds. The van der Waals surface area contributed by atoms with Crippen LogP contribution in [0, 0.1) is 0 Å². The predicted octanol–water partition coefficient (Wildman–Crippen LogP) is 1.23. The van der Waals surface area contributed by atoms with Gasteiger partial charge in [0.05, 0.1) is 6.61 Å². The SMILES string of the molecule is CCOC(=O)c1ncccc1N=C=O. The molecule has 1 rings (SSSR count). The van der Waals surface area contributed by atoms with Gasteiger partial charge in [0.1, 0.15) is 5.69 Å². The van der Waals surface area contributed by atoms with E-state index >= 15 is 0 Å². The lowest BCUT2D eigenvalue weighted by Gasteiger charge is -2.01. The molecular formula is C9H8N2O3. The van der Waals surface area contributed by atoms with E-state index in [2.05, 4.69) is 9.98 Å². The number of esters is 1. The zero-order valence-electron chi connectivity index (χ0n) is 7.56. The Morgan fingerprint density at radius 1 is 1.71 bits per heavy atom. The molecular weight excluding hydrogens is 184 g/mol. The molecule has 0 fully saturated rings. The molecule has 0 spiro atoms. The maximum Gasteiger partial charge on any atom is 0.359 e. The predicted molar refractivity (Wildman–Crippen MR) is 48.0 cm³/mol. The zero-order valence-corrected chi connectivity index (χ0v) is 7.56. The van der Waals surface area contributed by atoms with Crippen LogP contribution in [0.4, 0.5) is 5.69 Å². The monoisotopic (exact) mass is 192 g/mol. The highest BCUT2D eigenvalue weighted by Gasteiger charge is 2.12. The molecule has 1 heterocycles. The third kappa shape index (κ3) is 2.24. The summed E-state index contributed by atoms with van der Waals surface area (Å²) in [6.45, 7) is 1.93. The van der Waals surface area contributed by atoms with Gasteiger partial charge in [0, 0.05) is 6.20 Å². The van der Waals surface area contributed by atoms with Crippen molar-refractivity contribution in [2.75, 3.05) is 6.61 Å². The number of carbonyl (C=O) groups is 1. The minimum atomic E-state index is -0.595. The minimum absolute atomic E-state index is 0.0256. The van der Waals surface area contributed by atoms with Gasteiger partial charge in [-0.1, -0.05) is 0 Å². The third-order valence-corrected chi connectivity index (χ3v) is 1.42. The lowest BCUT2D eigenvalue weighted by atomic mass is 10.3. The molecule has 0 atom stereocenters. The number of nitrogens with zero attached hydrogens (tertiary/aromatic N) is 2. The molecule has 0 aliphatic rings. The zero-order chi connectivity index (χ0) is 10.4. The Bertz CT molecular complexity index is 383. The fourth-order valence-electron chi connectivity index (χ4n) is 0.893.